The predicted octanol–water partition coefficient (Wildman–Crippen LogP) is 4.09. The van der Waals surface area contributed by atoms with Crippen LogP contribution >= 0.6 is 0 Å². The number of hydrogen-bond donors (Lipinski definition) is 2. The van der Waals surface area contributed by atoms with Crippen molar-refractivity contribution in [3.05, 3.63) is 65.2 Å². The van der Waals surface area contributed by atoms with Gasteiger partial charge in [0.2, 0.25) is 15.9 Å². The number of ether oxygens (including phenoxy) is 1. The number of nitrogens with one attached hydrogen (secondary N) is 1. The minimum atomic E-state index is -4.19. The van der Waals surface area contributed by atoms with E-state index < -0.39 is 33.2 Å². The average molecular weight is 598 g/mol. The standard InChI is InChI=1S/C30H39N5O6S/c1-19(21-10-8-7-9-11-21)32-26(37)22-14-20(18-34-25(36)17-30(5,23-12-13-23)33-27(34)31)15-24(16-22)35(42(6,39)40)28(38)41-29(2,3)4/h7-11,14-16,19,23H,12-13,17-18H2,1-6H3,(H2,31,33)(H,32,37)/t19-,30-/m0/s1. The molecule has 2 aromatic carbocycles. The first-order valence-corrected chi connectivity index (χ1v) is 15.7. The third kappa shape index (κ3) is 7.28. The van der Waals surface area contributed by atoms with Gasteiger partial charge >= 0.3 is 6.09 Å². The first-order chi connectivity index (χ1) is 19.5. The molecule has 1 aliphatic carbocycles. The lowest BCUT2D eigenvalue weighted by Gasteiger charge is -2.35. The Balaban J connectivity index is 1.74. The zero-order valence-corrected chi connectivity index (χ0v) is 25.7. The summed E-state index contributed by atoms with van der Waals surface area (Å²) in [7, 11) is -4.19. The Labute approximate surface area is 247 Å². The molecule has 226 valence electrons. The molecule has 1 saturated carbocycles. The van der Waals surface area contributed by atoms with E-state index in [2.05, 4.69) is 10.3 Å². The second kappa shape index (κ2) is 11.4. The van der Waals surface area contributed by atoms with Gasteiger partial charge in [0, 0.05) is 5.56 Å². The first-order valence-electron chi connectivity index (χ1n) is 13.9. The molecule has 0 bridgehead atoms. The van der Waals surface area contributed by atoms with Crippen LogP contribution in [0.3, 0.4) is 0 Å². The third-order valence-electron chi connectivity index (χ3n) is 7.27. The second-order valence-corrected chi connectivity index (χ2v) is 14.1. The highest BCUT2D eigenvalue weighted by Crippen LogP contribution is 2.45. The van der Waals surface area contributed by atoms with Gasteiger partial charge in [0.05, 0.1) is 36.5 Å². The number of aliphatic imine (C=N–C) groups is 1. The van der Waals surface area contributed by atoms with Crippen LogP contribution in [0.5, 0.6) is 0 Å². The molecule has 2 atom stereocenters. The number of nitrogens with two attached hydrogens (primary N) is 1. The van der Waals surface area contributed by atoms with Gasteiger partial charge in [0.1, 0.15) is 5.60 Å². The summed E-state index contributed by atoms with van der Waals surface area (Å²) in [5.41, 5.74) is 5.96. The lowest BCUT2D eigenvalue weighted by molar-refractivity contribution is -0.130. The van der Waals surface area contributed by atoms with E-state index in [0.717, 1.165) is 24.7 Å². The molecule has 11 nitrogen and oxygen atoms in total. The van der Waals surface area contributed by atoms with Crippen LogP contribution < -0.4 is 15.4 Å². The highest BCUT2D eigenvalue weighted by molar-refractivity contribution is 7.92. The summed E-state index contributed by atoms with van der Waals surface area (Å²) in [6.45, 7) is 8.51. The van der Waals surface area contributed by atoms with Crippen molar-refractivity contribution in [3.8, 4) is 0 Å². The van der Waals surface area contributed by atoms with Crippen LogP contribution in [0.2, 0.25) is 0 Å². The second-order valence-electron chi connectivity index (χ2n) is 12.3. The van der Waals surface area contributed by atoms with Gasteiger partial charge in [-0.25, -0.2) is 18.2 Å². The molecular formula is C30H39N5O6S. The molecule has 0 saturated heterocycles. The van der Waals surface area contributed by atoms with E-state index >= 15 is 0 Å². The molecule has 4 rings (SSSR count). The van der Waals surface area contributed by atoms with Crippen LogP contribution in [0.25, 0.3) is 0 Å². The minimum absolute atomic E-state index is 0.0573. The number of carbonyl (C=O) groups excluding carboxylic acids is 3. The zero-order valence-electron chi connectivity index (χ0n) is 24.9. The Morgan fingerprint density at radius 3 is 2.38 bits per heavy atom. The van der Waals surface area contributed by atoms with Crippen molar-refractivity contribution < 1.29 is 27.5 Å². The molecule has 2 aliphatic rings. The molecule has 1 aliphatic heterocycles. The summed E-state index contributed by atoms with van der Waals surface area (Å²) in [6.07, 6.45) is 1.93. The molecule has 2 aromatic rings. The molecule has 1 heterocycles. The van der Waals surface area contributed by atoms with Crippen molar-refractivity contribution in [2.24, 2.45) is 16.6 Å². The number of carbonyl (C=O) groups is 3. The lowest BCUT2D eigenvalue weighted by atomic mass is 9.90. The van der Waals surface area contributed by atoms with Crippen LogP contribution in [0.15, 0.2) is 53.5 Å². The number of rotatable bonds is 8. The van der Waals surface area contributed by atoms with Gasteiger partial charge < -0.3 is 15.8 Å². The van der Waals surface area contributed by atoms with Gasteiger partial charge in [-0.05, 0) is 82.7 Å². The summed E-state index contributed by atoms with van der Waals surface area (Å²) < 4.78 is 31.6. The topological polar surface area (TPSA) is 151 Å². The fourth-order valence-corrected chi connectivity index (χ4v) is 5.83. The van der Waals surface area contributed by atoms with Crippen molar-refractivity contribution in [1.29, 1.82) is 0 Å². The van der Waals surface area contributed by atoms with E-state index in [1.807, 2.05) is 44.2 Å². The molecule has 0 radical (unpaired) electrons. The maximum Gasteiger partial charge on any atom is 0.428 e. The van der Waals surface area contributed by atoms with Gasteiger partial charge in [-0.1, -0.05) is 30.3 Å². The van der Waals surface area contributed by atoms with Crippen molar-refractivity contribution >= 4 is 39.6 Å². The Bertz CT molecular complexity index is 1510. The van der Waals surface area contributed by atoms with Crippen LogP contribution in [0.1, 0.15) is 81.4 Å². The molecule has 0 aromatic heterocycles. The number of guanidine groups is 1. The first kappa shape index (κ1) is 31.0. The molecule has 0 spiro atoms. The summed E-state index contributed by atoms with van der Waals surface area (Å²) in [6, 6.07) is 13.2. The van der Waals surface area contributed by atoms with Crippen LogP contribution in [0, 0.1) is 5.92 Å². The van der Waals surface area contributed by atoms with E-state index in [9.17, 15) is 22.8 Å². The van der Waals surface area contributed by atoms with E-state index in [1.165, 1.54) is 17.0 Å². The highest BCUT2D eigenvalue weighted by atomic mass is 32.2. The van der Waals surface area contributed by atoms with Crippen molar-refractivity contribution in [2.45, 2.75) is 77.6 Å². The maximum absolute atomic E-state index is 13.5. The Kier molecular flexibility index (Phi) is 8.41. The molecule has 42 heavy (non-hydrogen) atoms. The van der Waals surface area contributed by atoms with Crippen LogP contribution in [-0.4, -0.2) is 54.6 Å². The van der Waals surface area contributed by atoms with Crippen molar-refractivity contribution in [3.63, 3.8) is 0 Å². The third-order valence-corrected chi connectivity index (χ3v) is 8.29. The van der Waals surface area contributed by atoms with E-state index in [-0.39, 0.29) is 42.1 Å². The molecule has 3 N–H and O–H groups in total. The van der Waals surface area contributed by atoms with Gasteiger partial charge in [0.15, 0.2) is 5.96 Å². The van der Waals surface area contributed by atoms with E-state index in [0.29, 0.717) is 15.8 Å². The van der Waals surface area contributed by atoms with Gasteiger partial charge in [-0.2, -0.15) is 4.31 Å². The fourth-order valence-electron chi connectivity index (χ4n) is 5.04. The predicted molar refractivity (Wildman–Crippen MR) is 160 cm³/mol. The average Bonchev–Trinajstić information content (AvgIpc) is 3.71. The normalized spacial score (nSPS) is 20.0. The summed E-state index contributed by atoms with van der Waals surface area (Å²) in [4.78, 5) is 45.8. The number of sulfonamides is 1. The monoisotopic (exact) mass is 597 g/mol. The Morgan fingerprint density at radius 2 is 1.83 bits per heavy atom. The van der Waals surface area contributed by atoms with E-state index in [1.54, 1.807) is 26.8 Å². The van der Waals surface area contributed by atoms with Gasteiger partial charge in [-0.15, -0.1) is 0 Å². The SMILES string of the molecule is C[C@H](NC(=O)c1cc(CN2C(=O)C[C@@](C)(C3CC3)N=C2N)cc(N(C(=O)OC(C)(C)C)S(C)(=O)=O)c1)c1ccccc1. The maximum atomic E-state index is 13.5. The smallest absolute Gasteiger partial charge is 0.428 e. The quantitative estimate of drug-likeness (QED) is 0.465. The number of anilines is 1. The number of amides is 3. The van der Waals surface area contributed by atoms with E-state index in [4.69, 9.17) is 10.5 Å². The van der Waals surface area contributed by atoms with Crippen LogP contribution in [-0.2, 0) is 26.1 Å². The van der Waals surface area contributed by atoms with Crippen molar-refractivity contribution in [2.75, 3.05) is 10.6 Å². The fraction of sp³-hybridized carbons (Fsp3) is 0.467. The highest BCUT2D eigenvalue weighted by Gasteiger charge is 2.46. The Morgan fingerprint density at radius 1 is 1.19 bits per heavy atom. The van der Waals surface area contributed by atoms with Gasteiger partial charge in [-0.3, -0.25) is 14.5 Å². The summed E-state index contributed by atoms with van der Waals surface area (Å²) >= 11 is 0. The molecule has 3 amide bonds. The minimum Gasteiger partial charge on any atom is -0.443 e. The van der Waals surface area contributed by atoms with Gasteiger partial charge in [0.25, 0.3) is 5.91 Å². The molecular weight excluding hydrogens is 558 g/mol. The van der Waals surface area contributed by atoms with Crippen LogP contribution in [0.4, 0.5) is 10.5 Å². The molecule has 0 unspecified atom stereocenters. The largest absolute Gasteiger partial charge is 0.443 e. The lowest BCUT2D eigenvalue weighted by Crippen LogP contribution is -2.51. The Hall–Kier alpha value is -3.93. The molecule has 12 heteroatoms. The zero-order chi connectivity index (χ0) is 31.0. The summed E-state index contributed by atoms with van der Waals surface area (Å²) in [5, 5.41) is 2.91. The van der Waals surface area contributed by atoms with Crippen molar-refractivity contribution in [1.82, 2.24) is 10.2 Å². The summed E-state index contributed by atoms with van der Waals surface area (Å²) in [5.74, 6) is -0.357. The number of benzene rings is 2. The number of nitrogens with zero attached hydrogens (tertiary/aromatic N) is 3. The number of hydrogen-bond acceptors (Lipinski definition) is 8. The molecule has 1 fully saturated rings.